The van der Waals surface area contributed by atoms with Crippen LogP contribution in [0.3, 0.4) is 0 Å². The van der Waals surface area contributed by atoms with Crippen molar-refractivity contribution in [1.29, 1.82) is 0 Å². The molecule has 2 aliphatic carbocycles. The van der Waals surface area contributed by atoms with Crippen molar-refractivity contribution in [1.82, 2.24) is 10.6 Å². The minimum absolute atomic E-state index is 0.718. The molecule has 4 heteroatoms. The van der Waals surface area contributed by atoms with Crippen LogP contribution in [0.5, 0.6) is 0 Å². The predicted octanol–water partition coefficient (Wildman–Crippen LogP) is 2.47. The molecule has 0 atom stereocenters. The van der Waals surface area contributed by atoms with Gasteiger partial charge in [-0.2, -0.15) is 0 Å². The standard InChI is InChI=1S/C17H34N2O2/c1-2-6-16(7-3-1)18-10-12-20-14-15-21-13-11-19-17-8-4-5-9-17/h16-19H,1-15H2. The number of ether oxygens (including phenoxy) is 2. The molecule has 0 aromatic rings. The van der Waals surface area contributed by atoms with Crippen molar-refractivity contribution in [2.75, 3.05) is 39.5 Å². The molecule has 2 fully saturated rings. The van der Waals surface area contributed by atoms with E-state index in [0.29, 0.717) is 0 Å². The van der Waals surface area contributed by atoms with Crippen LogP contribution in [0.2, 0.25) is 0 Å². The lowest BCUT2D eigenvalue weighted by Crippen LogP contribution is -2.33. The molecular weight excluding hydrogens is 264 g/mol. The van der Waals surface area contributed by atoms with Gasteiger partial charge in [-0.15, -0.1) is 0 Å². The Hall–Kier alpha value is -0.160. The first-order valence-corrected chi connectivity index (χ1v) is 9.07. The van der Waals surface area contributed by atoms with Gasteiger partial charge >= 0.3 is 0 Å². The highest BCUT2D eigenvalue weighted by Crippen LogP contribution is 2.17. The summed E-state index contributed by atoms with van der Waals surface area (Å²) >= 11 is 0. The van der Waals surface area contributed by atoms with Crippen LogP contribution in [-0.2, 0) is 9.47 Å². The van der Waals surface area contributed by atoms with E-state index in [-0.39, 0.29) is 0 Å². The lowest BCUT2D eigenvalue weighted by Gasteiger charge is -2.22. The quantitative estimate of drug-likeness (QED) is 0.575. The molecule has 0 aliphatic heterocycles. The summed E-state index contributed by atoms with van der Waals surface area (Å²) < 4.78 is 11.2. The normalized spacial score (nSPS) is 21.1. The minimum atomic E-state index is 0.718. The van der Waals surface area contributed by atoms with Crippen molar-refractivity contribution < 1.29 is 9.47 Å². The first kappa shape index (κ1) is 17.2. The van der Waals surface area contributed by atoms with E-state index in [9.17, 15) is 0 Å². The average Bonchev–Trinajstić information content (AvgIpc) is 3.03. The second kappa shape index (κ2) is 11.4. The zero-order valence-electron chi connectivity index (χ0n) is 13.6. The number of hydrogen-bond donors (Lipinski definition) is 2. The van der Waals surface area contributed by atoms with E-state index in [2.05, 4.69) is 10.6 Å². The molecule has 0 unspecified atom stereocenters. The molecule has 2 saturated carbocycles. The molecule has 124 valence electrons. The molecule has 2 N–H and O–H groups in total. The van der Waals surface area contributed by atoms with Crippen LogP contribution < -0.4 is 10.6 Å². The van der Waals surface area contributed by atoms with Crippen molar-refractivity contribution in [2.24, 2.45) is 0 Å². The molecule has 2 aliphatic rings. The molecule has 21 heavy (non-hydrogen) atoms. The summed E-state index contributed by atoms with van der Waals surface area (Å²) in [4.78, 5) is 0. The molecule has 0 radical (unpaired) electrons. The Morgan fingerprint density at radius 2 is 1.00 bits per heavy atom. The zero-order valence-corrected chi connectivity index (χ0v) is 13.6. The molecule has 0 aromatic carbocycles. The second-order valence-corrected chi connectivity index (χ2v) is 6.45. The Morgan fingerprint density at radius 1 is 0.571 bits per heavy atom. The highest BCUT2D eigenvalue weighted by Gasteiger charge is 2.13. The van der Waals surface area contributed by atoms with Crippen molar-refractivity contribution in [2.45, 2.75) is 69.9 Å². The first-order chi connectivity index (χ1) is 10.4. The van der Waals surface area contributed by atoms with Crippen molar-refractivity contribution in [3.8, 4) is 0 Å². The SMILES string of the molecule is C1CCC(NCCOCCOCCNC2CCCC2)CC1. The summed E-state index contributed by atoms with van der Waals surface area (Å²) in [7, 11) is 0. The maximum Gasteiger partial charge on any atom is 0.0701 e. The van der Waals surface area contributed by atoms with Crippen molar-refractivity contribution in [3.05, 3.63) is 0 Å². The van der Waals surface area contributed by atoms with E-state index in [4.69, 9.17) is 9.47 Å². The van der Waals surface area contributed by atoms with Gasteiger partial charge in [-0.25, -0.2) is 0 Å². The second-order valence-electron chi connectivity index (χ2n) is 6.45. The monoisotopic (exact) mass is 298 g/mol. The molecule has 0 saturated heterocycles. The fourth-order valence-corrected chi connectivity index (χ4v) is 3.43. The third kappa shape index (κ3) is 8.15. The van der Waals surface area contributed by atoms with E-state index in [1.54, 1.807) is 0 Å². The molecule has 0 spiro atoms. The van der Waals surface area contributed by atoms with E-state index < -0.39 is 0 Å². The number of nitrogens with one attached hydrogen (secondary N) is 2. The molecule has 2 rings (SSSR count). The highest BCUT2D eigenvalue weighted by atomic mass is 16.5. The van der Waals surface area contributed by atoms with Gasteiger partial charge in [-0.3, -0.25) is 0 Å². The van der Waals surface area contributed by atoms with Crippen LogP contribution in [-0.4, -0.2) is 51.6 Å². The molecular formula is C17H34N2O2. The molecule has 0 heterocycles. The lowest BCUT2D eigenvalue weighted by molar-refractivity contribution is 0.0484. The maximum absolute atomic E-state index is 5.60. The lowest BCUT2D eigenvalue weighted by atomic mass is 9.96. The third-order valence-electron chi connectivity index (χ3n) is 4.69. The van der Waals surface area contributed by atoms with Gasteiger partial charge in [0.1, 0.15) is 0 Å². The van der Waals surface area contributed by atoms with E-state index in [1.165, 1.54) is 57.8 Å². The van der Waals surface area contributed by atoms with Crippen molar-refractivity contribution >= 4 is 0 Å². The summed E-state index contributed by atoms with van der Waals surface area (Å²) in [5, 5.41) is 7.14. The van der Waals surface area contributed by atoms with Crippen LogP contribution in [0.15, 0.2) is 0 Å². The number of rotatable bonds is 11. The highest BCUT2D eigenvalue weighted by molar-refractivity contribution is 4.73. The Bertz CT molecular complexity index is 239. The summed E-state index contributed by atoms with van der Waals surface area (Å²) in [6.45, 7) is 5.01. The summed E-state index contributed by atoms with van der Waals surface area (Å²) in [6.07, 6.45) is 12.4. The van der Waals surface area contributed by atoms with Crippen LogP contribution in [0.4, 0.5) is 0 Å². The maximum atomic E-state index is 5.60. The number of hydrogen-bond acceptors (Lipinski definition) is 4. The minimum Gasteiger partial charge on any atom is -0.378 e. The smallest absolute Gasteiger partial charge is 0.0701 e. The van der Waals surface area contributed by atoms with Gasteiger partial charge in [0, 0.05) is 25.2 Å². The topological polar surface area (TPSA) is 42.5 Å². The average molecular weight is 298 g/mol. The van der Waals surface area contributed by atoms with Gasteiger partial charge in [-0.1, -0.05) is 32.1 Å². The zero-order chi connectivity index (χ0) is 14.6. The van der Waals surface area contributed by atoms with Gasteiger partial charge < -0.3 is 20.1 Å². The van der Waals surface area contributed by atoms with E-state index in [1.807, 2.05) is 0 Å². The molecule has 0 bridgehead atoms. The van der Waals surface area contributed by atoms with Crippen molar-refractivity contribution in [3.63, 3.8) is 0 Å². The van der Waals surface area contributed by atoms with Crippen LogP contribution in [0, 0.1) is 0 Å². The third-order valence-corrected chi connectivity index (χ3v) is 4.69. The fraction of sp³-hybridized carbons (Fsp3) is 1.00. The molecule has 0 aromatic heterocycles. The van der Waals surface area contributed by atoms with Gasteiger partial charge in [0.05, 0.1) is 26.4 Å². The van der Waals surface area contributed by atoms with Gasteiger partial charge in [-0.05, 0) is 25.7 Å². The fourth-order valence-electron chi connectivity index (χ4n) is 3.43. The summed E-state index contributed by atoms with van der Waals surface area (Å²) in [6, 6.07) is 1.48. The molecule has 0 amide bonds. The van der Waals surface area contributed by atoms with Gasteiger partial charge in [0.25, 0.3) is 0 Å². The Balaban J connectivity index is 1.27. The summed E-state index contributed by atoms with van der Waals surface area (Å²) in [5.74, 6) is 0. The van der Waals surface area contributed by atoms with E-state index >= 15 is 0 Å². The van der Waals surface area contributed by atoms with Gasteiger partial charge in [0.2, 0.25) is 0 Å². The van der Waals surface area contributed by atoms with Crippen LogP contribution in [0.25, 0.3) is 0 Å². The first-order valence-electron chi connectivity index (χ1n) is 9.07. The van der Waals surface area contributed by atoms with Crippen LogP contribution in [0.1, 0.15) is 57.8 Å². The Morgan fingerprint density at radius 3 is 1.48 bits per heavy atom. The Kier molecular flexibility index (Phi) is 9.35. The largest absolute Gasteiger partial charge is 0.378 e. The summed E-state index contributed by atoms with van der Waals surface area (Å²) in [5.41, 5.74) is 0. The predicted molar refractivity (Wildman–Crippen MR) is 86.8 cm³/mol. The van der Waals surface area contributed by atoms with E-state index in [0.717, 1.165) is 51.6 Å². The van der Waals surface area contributed by atoms with Gasteiger partial charge in [0.15, 0.2) is 0 Å². The molecule has 4 nitrogen and oxygen atoms in total. The van der Waals surface area contributed by atoms with Crippen LogP contribution >= 0.6 is 0 Å². The Labute approximate surface area is 130 Å².